The molecule has 122 valence electrons. The minimum absolute atomic E-state index is 0. The minimum Gasteiger partial charge on any atom is -0.361 e. The molecule has 2 rings (SSSR count). The zero-order valence-electron chi connectivity index (χ0n) is 13.1. The second kappa shape index (κ2) is 8.71. The predicted molar refractivity (Wildman–Crippen MR) is 92.1 cm³/mol. The number of guanidine groups is 1. The molecule has 0 spiro atoms. The highest BCUT2D eigenvalue weighted by molar-refractivity contribution is 14.0. The van der Waals surface area contributed by atoms with Crippen molar-refractivity contribution < 1.29 is 9.05 Å². The van der Waals surface area contributed by atoms with Crippen molar-refractivity contribution in [3.8, 4) is 0 Å². The molecule has 0 aliphatic rings. The van der Waals surface area contributed by atoms with E-state index < -0.39 is 0 Å². The molecule has 2 heterocycles. The van der Waals surface area contributed by atoms with Crippen molar-refractivity contribution in [1.29, 1.82) is 0 Å². The molecular formula is C13H21IN6O2. The second-order valence-electron chi connectivity index (χ2n) is 4.58. The molecule has 2 aromatic rings. The Kier molecular flexibility index (Phi) is 7.28. The van der Waals surface area contributed by atoms with E-state index in [2.05, 4.69) is 30.9 Å². The molecule has 0 radical (unpaired) electrons. The summed E-state index contributed by atoms with van der Waals surface area (Å²) in [5.74, 6) is 2.61. The summed E-state index contributed by atoms with van der Waals surface area (Å²) in [6.45, 7) is 9.27. The van der Waals surface area contributed by atoms with Gasteiger partial charge in [-0.3, -0.25) is 0 Å². The van der Waals surface area contributed by atoms with Crippen LogP contribution in [-0.2, 0) is 13.1 Å². The number of aliphatic imine (C=N–C) groups is 1. The summed E-state index contributed by atoms with van der Waals surface area (Å²) < 4.78 is 10.1. The van der Waals surface area contributed by atoms with E-state index in [-0.39, 0.29) is 24.0 Å². The Morgan fingerprint density at radius 3 is 2.45 bits per heavy atom. The molecule has 0 saturated carbocycles. The smallest absolute Gasteiger partial charge is 0.223 e. The van der Waals surface area contributed by atoms with E-state index in [1.807, 2.05) is 20.8 Å². The van der Waals surface area contributed by atoms with Gasteiger partial charge in [0.05, 0.1) is 18.8 Å². The standard InChI is InChI=1S/C13H20N6O2.HI/c1-5-14-13(16-7-12-17-10(4)21-19-12)15-6-11-8(2)18-20-9(11)3;/h5-7H2,1-4H3,(H2,14,15,16);1H. The summed E-state index contributed by atoms with van der Waals surface area (Å²) in [5.41, 5.74) is 1.86. The lowest BCUT2D eigenvalue weighted by atomic mass is 10.2. The summed E-state index contributed by atoms with van der Waals surface area (Å²) >= 11 is 0. The van der Waals surface area contributed by atoms with Crippen molar-refractivity contribution in [2.75, 3.05) is 6.54 Å². The second-order valence-corrected chi connectivity index (χ2v) is 4.58. The minimum atomic E-state index is 0. The van der Waals surface area contributed by atoms with Crippen molar-refractivity contribution in [3.05, 3.63) is 28.7 Å². The van der Waals surface area contributed by atoms with Crippen LogP contribution in [-0.4, -0.2) is 27.8 Å². The van der Waals surface area contributed by atoms with Crippen molar-refractivity contribution >= 4 is 29.9 Å². The van der Waals surface area contributed by atoms with Crippen LogP contribution in [0.1, 0.15) is 35.7 Å². The topological polar surface area (TPSA) is 101 Å². The lowest BCUT2D eigenvalue weighted by Crippen LogP contribution is -2.37. The third-order valence-corrected chi connectivity index (χ3v) is 2.90. The van der Waals surface area contributed by atoms with Crippen LogP contribution in [0.25, 0.3) is 0 Å². The largest absolute Gasteiger partial charge is 0.361 e. The zero-order chi connectivity index (χ0) is 15.2. The molecule has 0 saturated heterocycles. The lowest BCUT2D eigenvalue weighted by Gasteiger charge is -2.09. The molecule has 0 fully saturated rings. The number of halogens is 1. The first-order valence-electron chi connectivity index (χ1n) is 6.83. The Labute approximate surface area is 146 Å². The fraction of sp³-hybridized carbons (Fsp3) is 0.538. The number of aryl methyl sites for hydroxylation is 3. The van der Waals surface area contributed by atoms with Crippen LogP contribution >= 0.6 is 24.0 Å². The Morgan fingerprint density at radius 2 is 1.91 bits per heavy atom. The monoisotopic (exact) mass is 420 g/mol. The average Bonchev–Trinajstić information content (AvgIpc) is 3.00. The number of hydrogen-bond donors (Lipinski definition) is 2. The predicted octanol–water partition coefficient (Wildman–Crippen LogP) is 1.86. The highest BCUT2D eigenvalue weighted by Crippen LogP contribution is 2.12. The quantitative estimate of drug-likeness (QED) is 0.433. The Bertz CT molecular complexity index is 602. The van der Waals surface area contributed by atoms with Crippen LogP contribution < -0.4 is 10.6 Å². The zero-order valence-corrected chi connectivity index (χ0v) is 15.5. The molecule has 9 heteroatoms. The summed E-state index contributed by atoms with van der Waals surface area (Å²) in [7, 11) is 0. The number of rotatable bonds is 5. The van der Waals surface area contributed by atoms with Gasteiger partial charge in [0.2, 0.25) is 5.89 Å². The highest BCUT2D eigenvalue weighted by atomic mass is 127. The first-order chi connectivity index (χ1) is 10.1. The van der Waals surface area contributed by atoms with Crippen molar-refractivity contribution in [1.82, 2.24) is 25.9 Å². The van der Waals surface area contributed by atoms with Gasteiger partial charge in [-0.2, -0.15) is 4.98 Å². The summed E-state index contributed by atoms with van der Waals surface area (Å²) in [6.07, 6.45) is 0. The summed E-state index contributed by atoms with van der Waals surface area (Å²) in [6, 6.07) is 0. The van der Waals surface area contributed by atoms with Crippen LogP contribution in [0.3, 0.4) is 0 Å². The van der Waals surface area contributed by atoms with Crippen molar-refractivity contribution in [2.45, 2.75) is 40.8 Å². The molecule has 0 aliphatic carbocycles. The molecule has 0 aliphatic heterocycles. The maximum Gasteiger partial charge on any atom is 0.223 e. The Morgan fingerprint density at radius 1 is 1.14 bits per heavy atom. The number of nitrogens with one attached hydrogen (secondary N) is 2. The van der Waals surface area contributed by atoms with Gasteiger partial charge >= 0.3 is 0 Å². The van der Waals surface area contributed by atoms with Gasteiger partial charge < -0.3 is 19.7 Å². The molecule has 0 bridgehead atoms. The van der Waals surface area contributed by atoms with E-state index in [1.165, 1.54) is 0 Å². The first kappa shape index (κ1) is 18.4. The lowest BCUT2D eigenvalue weighted by molar-refractivity contribution is 0.387. The van der Waals surface area contributed by atoms with Crippen molar-refractivity contribution in [3.63, 3.8) is 0 Å². The number of aromatic nitrogens is 3. The third kappa shape index (κ3) is 4.97. The molecule has 0 unspecified atom stereocenters. The van der Waals surface area contributed by atoms with Gasteiger partial charge in [0, 0.05) is 19.0 Å². The van der Waals surface area contributed by atoms with Crippen LogP contribution in [0, 0.1) is 20.8 Å². The van der Waals surface area contributed by atoms with E-state index in [9.17, 15) is 0 Å². The molecule has 0 amide bonds. The summed E-state index contributed by atoms with van der Waals surface area (Å²) in [5, 5.41) is 14.1. The normalized spacial score (nSPS) is 11.2. The van der Waals surface area contributed by atoms with Crippen LogP contribution in [0.2, 0.25) is 0 Å². The first-order valence-corrected chi connectivity index (χ1v) is 6.83. The average molecular weight is 420 g/mol. The molecular weight excluding hydrogens is 399 g/mol. The maximum atomic E-state index is 5.13. The van der Waals surface area contributed by atoms with Gasteiger partial charge in [-0.25, -0.2) is 4.99 Å². The van der Waals surface area contributed by atoms with E-state index in [0.717, 1.165) is 23.6 Å². The fourth-order valence-corrected chi connectivity index (χ4v) is 1.80. The molecule has 2 aromatic heterocycles. The van der Waals surface area contributed by atoms with Gasteiger partial charge in [-0.15, -0.1) is 24.0 Å². The molecule has 0 aromatic carbocycles. The third-order valence-electron chi connectivity index (χ3n) is 2.90. The van der Waals surface area contributed by atoms with Gasteiger partial charge in [-0.1, -0.05) is 10.3 Å². The van der Waals surface area contributed by atoms with Crippen LogP contribution in [0.5, 0.6) is 0 Å². The molecule has 8 nitrogen and oxygen atoms in total. The molecule has 22 heavy (non-hydrogen) atoms. The Balaban J connectivity index is 0.00000242. The number of hydrogen-bond acceptors (Lipinski definition) is 6. The van der Waals surface area contributed by atoms with Crippen LogP contribution in [0.4, 0.5) is 0 Å². The van der Waals surface area contributed by atoms with Gasteiger partial charge in [0.25, 0.3) is 0 Å². The summed E-state index contributed by atoms with van der Waals surface area (Å²) in [4.78, 5) is 8.64. The van der Waals surface area contributed by atoms with Gasteiger partial charge in [0.1, 0.15) is 5.76 Å². The number of nitrogens with zero attached hydrogens (tertiary/aromatic N) is 4. The highest BCUT2D eigenvalue weighted by Gasteiger charge is 2.09. The van der Waals surface area contributed by atoms with Gasteiger partial charge in [-0.05, 0) is 20.8 Å². The van der Waals surface area contributed by atoms with Crippen molar-refractivity contribution in [2.24, 2.45) is 4.99 Å². The fourth-order valence-electron chi connectivity index (χ4n) is 1.80. The van der Waals surface area contributed by atoms with E-state index in [4.69, 9.17) is 9.05 Å². The van der Waals surface area contributed by atoms with Crippen LogP contribution in [0.15, 0.2) is 14.0 Å². The van der Waals surface area contributed by atoms with E-state index in [0.29, 0.717) is 30.8 Å². The maximum absolute atomic E-state index is 5.13. The van der Waals surface area contributed by atoms with E-state index >= 15 is 0 Å². The SMILES string of the molecule is CCNC(=NCc1c(C)noc1C)NCc1noc(C)n1.I. The molecule has 2 N–H and O–H groups in total. The van der Waals surface area contributed by atoms with E-state index in [1.54, 1.807) is 6.92 Å². The van der Waals surface area contributed by atoms with Gasteiger partial charge in [0.15, 0.2) is 11.8 Å². The molecule has 0 atom stereocenters. The Hall–Kier alpha value is -1.65.